The van der Waals surface area contributed by atoms with Gasteiger partial charge in [-0.15, -0.1) is 11.3 Å². The molecule has 2 saturated heterocycles. The van der Waals surface area contributed by atoms with Gasteiger partial charge in [0.2, 0.25) is 0 Å². The Morgan fingerprint density at radius 1 is 0.841 bits per heavy atom. The fourth-order valence-electron chi connectivity index (χ4n) is 6.68. The maximum absolute atomic E-state index is 13.7. The van der Waals surface area contributed by atoms with Crippen LogP contribution in [-0.2, 0) is 44.4 Å². The smallest absolute Gasteiger partial charge is 0.360 e. The number of aliphatic carboxylic acids is 1. The Hall–Kier alpha value is -5.26. The second-order valence-corrected chi connectivity index (χ2v) is 17.4. The highest BCUT2D eigenvalue weighted by atomic mass is 32.1. The van der Waals surface area contributed by atoms with Gasteiger partial charge in [-0.1, -0.05) is 101 Å². The maximum atomic E-state index is 13.7. The van der Waals surface area contributed by atoms with Gasteiger partial charge in [-0.25, -0.2) is 19.6 Å². The molecule has 3 aliphatic heterocycles. The monoisotopic (exact) mass is 890 g/mol. The van der Waals surface area contributed by atoms with E-state index < -0.39 is 65.2 Å². The van der Waals surface area contributed by atoms with Crippen LogP contribution in [-0.4, -0.2) is 106 Å². The Morgan fingerprint density at radius 2 is 1.46 bits per heavy atom. The van der Waals surface area contributed by atoms with Crippen molar-refractivity contribution < 1.29 is 62.2 Å². The fourth-order valence-corrected chi connectivity index (χ4v) is 7.37. The Bertz CT molecular complexity index is 2110. The molecular weight excluding hydrogens is 833 g/mol. The van der Waals surface area contributed by atoms with E-state index in [1.807, 2.05) is 69.4 Å². The first kappa shape index (κ1) is 48.8. The maximum Gasteiger partial charge on any atom is 0.360 e. The second-order valence-electron chi connectivity index (χ2n) is 16.5. The highest BCUT2D eigenvalue weighted by Gasteiger charge is 2.42. The minimum atomic E-state index is -1.12. The van der Waals surface area contributed by atoms with E-state index in [0.717, 1.165) is 0 Å². The molecule has 0 saturated carbocycles. The topological polar surface area (TPSA) is 210 Å². The first-order chi connectivity index (χ1) is 30.0. The van der Waals surface area contributed by atoms with E-state index in [4.69, 9.17) is 37.9 Å². The van der Waals surface area contributed by atoms with Crippen LogP contribution in [0.3, 0.4) is 0 Å². The lowest BCUT2D eigenvalue weighted by Crippen LogP contribution is -2.44. The molecule has 0 spiro atoms. The Balaban J connectivity index is 1.38. The minimum absolute atomic E-state index is 0.0619. The van der Waals surface area contributed by atoms with Crippen LogP contribution in [0, 0.1) is 10.8 Å². The number of rotatable bonds is 11. The van der Waals surface area contributed by atoms with Crippen molar-refractivity contribution >= 4 is 41.3 Å². The van der Waals surface area contributed by atoms with Crippen LogP contribution >= 0.6 is 11.3 Å². The summed E-state index contributed by atoms with van der Waals surface area (Å²) in [7, 11) is 1.54. The summed E-state index contributed by atoms with van der Waals surface area (Å²) < 4.78 is 40.8. The van der Waals surface area contributed by atoms with Gasteiger partial charge < -0.3 is 43.1 Å². The molecule has 2 aromatic heterocycles. The molecule has 4 bridgehead atoms. The van der Waals surface area contributed by atoms with Crippen molar-refractivity contribution in [2.75, 3.05) is 7.11 Å². The average molecular weight is 891 g/mol. The van der Waals surface area contributed by atoms with E-state index >= 15 is 0 Å². The number of oxazole rings is 1. The first-order valence-corrected chi connectivity index (χ1v) is 21.8. The number of thiazole rings is 1. The van der Waals surface area contributed by atoms with E-state index in [1.54, 1.807) is 69.7 Å². The third-order valence-electron chi connectivity index (χ3n) is 11.0. The summed E-state index contributed by atoms with van der Waals surface area (Å²) in [6, 6.07) is 0. The SMILES string of the molecule is C/C=C/[C@H](OC(=O)CCC(=O)O)C(C)(C)[C@@H]1C/C=C\[C@H]2O[C@H]2/C=C/C=C\c2nc(cs2)C(=O)O[C@H](C(C)(C)[C@@H](O)/C=C/C)C/C=C\C2OC2/C=C/[C@H](OC)Cc2nc(co2)C(=O)O1. The summed E-state index contributed by atoms with van der Waals surface area (Å²) in [6.45, 7) is 10.9. The average Bonchev–Trinajstić information content (AvgIpc) is 4.04. The summed E-state index contributed by atoms with van der Waals surface area (Å²) in [5.74, 6) is -2.94. The summed E-state index contributed by atoms with van der Waals surface area (Å²) in [4.78, 5) is 59.8. The van der Waals surface area contributed by atoms with Gasteiger partial charge in [-0.2, -0.15) is 0 Å². The molecule has 2 unspecified atom stereocenters. The van der Waals surface area contributed by atoms with Gasteiger partial charge in [-0.3, -0.25) is 9.59 Å². The van der Waals surface area contributed by atoms with Gasteiger partial charge in [0, 0.05) is 36.2 Å². The lowest BCUT2D eigenvalue weighted by molar-refractivity contribution is -0.158. The van der Waals surface area contributed by atoms with E-state index in [1.165, 1.54) is 17.6 Å². The second kappa shape index (κ2) is 22.4. The predicted molar refractivity (Wildman–Crippen MR) is 234 cm³/mol. The molecule has 5 rings (SSSR count). The van der Waals surface area contributed by atoms with E-state index in [0.29, 0.717) is 11.4 Å². The van der Waals surface area contributed by atoms with Crippen LogP contribution in [0.4, 0.5) is 0 Å². The number of carbonyl (C=O) groups excluding carboxylic acids is 3. The van der Waals surface area contributed by atoms with Crippen molar-refractivity contribution in [2.24, 2.45) is 10.8 Å². The zero-order valence-corrected chi connectivity index (χ0v) is 37.5. The number of hydrogen-bond acceptors (Lipinski definition) is 15. The standard InChI is InChI=1S/C47H58N2O13S/c1-8-14-36(50)46(3,4)38-19-12-18-34-35(59-34)23-22-29(56-7)26-40-48-30(27-57-40)44(54)62-39(47(5,6)37(15-9-2)60-43(53)25-24-42(51)52)20-13-17-33-32(58-33)16-10-11-21-41-49-31(28-63-41)45(55)61-38/h8-18,21-23,27-29,32-39,50H,19-20,24-26H2,1-7H3,(H,51,52)/b14-8+,15-9+,16-10+,17-13-,18-12-,21-11-,23-22+/t29-,32-,33+,34?,35?,36-,37-,38-,39-/m0/s1. The molecule has 2 aromatic rings. The van der Waals surface area contributed by atoms with E-state index in [9.17, 15) is 24.3 Å². The van der Waals surface area contributed by atoms with E-state index in [2.05, 4.69) is 9.97 Å². The van der Waals surface area contributed by atoms with Crippen LogP contribution < -0.4 is 0 Å². The summed E-state index contributed by atoms with van der Waals surface area (Å²) in [5, 5.41) is 22.3. The number of aliphatic hydroxyl groups is 1. The van der Waals surface area contributed by atoms with Gasteiger partial charge in [0.25, 0.3) is 0 Å². The first-order valence-electron chi connectivity index (χ1n) is 20.9. The van der Waals surface area contributed by atoms with Gasteiger partial charge in [0.05, 0.1) is 31.5 Å². The van der Waals surface area contributed by atoms with Crippen LogP contribution in [0.25, 0.3) is 6.08 Å². The number of carboxylic acids is 1. The van der Waals surface area contributed by atoms with Crippen molar-refractivity contribution in [1.82, 2.24) is 9.97 Å². The van der Waals surface area contributed by atoms with Gasteiger partial charge >= 0.3 is 23.9 Å². The van der Waals surface area contributed by atoms with Crippen molar-refractivity contribution in [3.05, 3.63) is 113 Å². The Morgan fingerprint density at radius 3 is 2.10 bits per heavy atom. The highest BCUT2D eigenvalue weighted by Crippen LogP contribution is 2.36. The van der Waals surface area contributed by atoms with Crippen molar-refractivity contribution in [1.29, 1.82) is 0 Å². The molecule has 2 fully saturated rings. The highest BCUT2D eigenvalue weighted by molar-refractivity contribution is 7.10. The quantitative estimate of drug-likeness (QED) is 0.0978. The molecular formula is C47H58N2O13S. The summed E-state index contributed by atoms with van der Waals surface area (Å²) in [5.41, 5.74) is -1.75. The number of epoxide rings is 2. The summed E-state index contributed by atoms with van der Waals surface area (Å²) >= 11 is 1.29. The number of aliphatic hydroxyl groups excluding tert-OH is 1. The molecule has 63 heavy (non-hydrogen) atoms. The number of ether oxygens (including phenoxy) is 6. The van der Waals surface area contributed by atoms with E-state index in [-0.39, 0.29) is 67.4 Å². The molecule has 340 valence electrons. The van der Waals surface area contributed by atoms with Gasteiger partial charge in [0.15, 0.2) is 17.3 Å². The molecule has 16 heteroatoms. The van der Waals surface area contributed by atoms with Crippen LogP contribution in [0.15, 0.2) is 95.0 Å². The number of allylic oxidation sites excluding steroid dienone is 4. The molecule has 0 aliphatic carbocycles. The third kappa shape index (κ3) is 14.1. The number of carbonyl (C=O) groups is 4. The lowest BCUT2D eigenvalue weighted by Gasteiger charge is -2.38. The number of esters is 3. The van der Waals surface area contributed by atoms with Crippen molar-refractivity contribution in [3.63, 3.8) is 0 Å². The van der Waals surface area contributed by atoms with Gasteiger partial charge in [0.1, 0.15) is 54.0 Å². The zero-order chi connectivity index (χ0) is 45.7. The Kier molecular flexibility index (Phi) is 17.3. The Labute approximate surface area is 371 Å². The molecule has 2 N–H and O–H groups in total. The lowest BCUT2D eigenvalue weighted by atomic mass is 9.78. The molecule has 0 radical (unpaired) electrons. The molecule has 0 amide bonds. The normalized spacial score (nSPS) is 28.6. The predicted octanol–water partition coefficient (Wildman–Crippen LogP) is 7.35. The summed E-state index contributed by atoms with van der Waals surface area (Å²) in [6.07, 6.45) is 21.8. The number of nitrogens with zero attached hydrogens (tertiary/aromatic N) is 2. The molecule has 9 atom stereocenters. The van der Waals surface area contributed by atoms with Crippen molar-refractivity contribution in [3.8, 4) is 0 Å². The largest absolute Gasteiger partial charge is 0.481 e. The van der Waals surface area contributed by atoms with Crippen molar-refractivity contribution in [2.45, 2.75) is 129 Å². The van der Waals surface area contributed by atoms with Crippen LogP contribution in [0.5, 0.6) is 0 Å². The molecule has 0 aromatic carbocycles. The number of cyclic esters (lactones) is 2. The zero-order valence-electron chi connectivity index (χ0n) is 36.7. The van der Waals surface area contributed by atoms with Crippen LogP contribution in [0.2, 0.25) is 0 Å². The minimum Gasteiger partial charge on any atom is -0.481 e. The molecule has 3 aliphatic rings. The third-order valence-corrected chi connectivity index (χ3v) is 11.8. The van der Waals surface area contributed by atoms with Crippen LogP contribution in [0.1, 0.15) is 99.1 Å². The number of fused-ring (bicyclic) bond motifs is 6. The fraction of sp³-hybridized carbons (Fsp3) is 0.489. The number of hydrogen-bond donors (Lipinski definition) is 2. The molecule has 5 heterocycles. The number of methoxy groups -OCH3 is 1. The van der Waals surface area contributed by atoms with Gasteiger partial charge in [-0.05, 0) is 26.0 Å². The number of carboxylic acid groups (broad SMARTS) is 1. The molecule has 15 nitrogen and oxygen atoms in total. The number of aromatic nitrogens is 2.